The summed E-state index contributed by atoms with van der Waals surface area (Å²) < 4.78 is -0.965. The van der Waals surface area contributed by atoms with Gasteiger partial charge in [0.1, 0.15) is 15.5 Å². The van der Waals surface area contributed by atoms with E-state index in [-0.39, 0.29) is 0 Å². The van der Waals surface area contributed by atoms with E-state index in [9.17, 15) is 9.90 Å². The Kier molecular flexibility index (Phi) is 3.80. The van der Waals surface area contributed by atoms with Gasteiger partial charge in [-0.1, -0.05) is 11.8 Å². The van der Waals surface area contributed by atoms with Crippen LogP contribution in [0.4, 0.5) is 0 Å². The maximum atomic E-state index is 11.2. The lowest BCUT2D eigenvalue weighted by Gasteiger charge is -2.18. The highest BCUT2D eigenvalue weighted by Crippen LogP contribution is 2.36. The third-order valence-corrected chi connectivity index (χ3v) is 3.64. The lowest BCUT2D eigenvalue weighted by atomic mass is 10.2. The Balaban J connectivity index is 2.40. The van der Waals surface area contributed by atoms with Crippen molar-refractivity contribution in [1.82, 2.24) is 15.0 Å². The summed E-state index contributed by atoms with van der Waals surface area (Å²) in [4.78, 5) is 23.7. The molecular formula is C13H13N3O2S. The van der Waals surface area contributed by atoms with Gasteiger partial charge >= 0.3 is 5.97 Å². The Morgan fingerprint density at radius 3 is 2.63 bits per heavy atom. The van der Waals surface area contributed by atoms with Crippen LogP contribution in [0.15, 0.2) is 41.9 Å². The van der Waals surface area contributed by atoms with Crippen LogP contribution in [0.1, 0.15) is 13.8 Å². The minimum absolute atomic E-state index is 0.586. The van der Waals surface area contributed by atoms with Gasteiger partial charge in [0.05, 0.1) is 0 Å². The van der Waals surface area contributed by atoms with E-state index in [1.54, 1.807) is 44.7 Å². The molecule has 98 valence electrons. The summed E-state index contributed by atoms with van der Waals surface area (Å²) >= 11 is 1.17. The normalized spacial score (nSPS) is 11.3. The molecule has 0 atom stereocenters. The van der Waals surface area contributed by atoms with E-state index in [4.69, 9.17) is 0 Å². The molecule has 0 amide bonds. The number of aliphatic carboxylic acids is 1. The Hall–Kier alpha value is -1.95. The molecule has 0 spiro atoms. The average Bonchev–Trinajstić information content (AvgIpc) is 2.40. The van der Waals surface area contributed by atoms with Crippen LogP contribution in [0, 0.1) is 0 Å². The Labute approximate surface area is 115 Å². The molecule has 0 aliphatic heterocycles. The first-order valence-corrected chi connectivity index (χ1v) is 6.46. The number of carboxylic acids is 1. The third-order valence-electron chi connectivity index (χ3n) is 2.47. The zero-order chi connectivity index (χ0) is 13.9. The number of carboxylic acid groups (broad SMARTS) is 1. The zero-order valence-corrected chi connectivity index (χ0v) is 11.4. The molecule has 1 N–H and O–H groups in total. The molecule has 6 heteroatoms. The molecule has 2 aromatic rings. The van der Waals surface area contributed by atoms with Crippen molar-refractivity contribution in [2.75, 3.05) is 0 Å². The highest BCUT2D eigenvalue weighted by atomic mass is 32.2. The summed E-state index contributed by atoms with van der Waals surface area (Å²) in [6, 6.07) is 3.68. The predicted octanol–water partition coefficient (Wildman–Crippen LogP) is 2.49. The van der Waals surface area contributed by atoms with E-state index >= 15 is 0 Å². The Morgan fingerprint density at radius 1 is 1.26 bits per heavy atom. The number of nitrogens with zero attached hydrogens (tertiary/aromatic N) is 3. The molecule has 0 unspecified atom stereocenters. The van der Waals surface area contributed by atoms with Gasteiger partial charge in [-0.05, 0) is 26.0 Å². The van der Waals surface area contributed by atoms with Crippen molar-refractivity contribution in [2.24, 2.45) is 0 Å². The highest BCUT2D eigenvalue weighted by Gasteiger charge is 2.30. The van der Waals surface area contributed by atoms with Crippen molar-refractivity contribution in [2.45, 2.75) is 23.6 Å². The molecule has 19 heavy (non-hydrogen) atoms. The van der Waals surface area contributed by atoms with Gasteiger partial charge in [0.25, 0.3) is 0 Å². The van der Waals surface area contributed by atoms with Gasteiger partial charge in [0, 0.05) is 30.4 Å². The molecular weight excluding hydrogens is 262 g/mol. The van der Waals surface area contributed by atoms with E-state index in [1.165, 1.54) is 11.8 Å². The molecule has 5 nitrogen and oxygen atoms in total. The molecule has 0 bridgehead atoms. The van der Waals surface area contributed by atoms with E-state index in [2.05, 4.69) is 15.0 Å². The first-order valence-electron chi connectivity index (χ1n) is 5.64. The quantitative estimate of drug-likeness (QED) is 0.864. The van der Waals surface area contributed by atoms with Crippen molar-refractivity contribution in [3.05, 3.63) is 36.9 Å². The fourth-order valence-electron chi connectivity index (χ4n) is 1.39. The van der Waals surface area contributed by atoms with Crippen molar-refractivity contribution >= 4 is 17.7 Å². The fraction of sp³-hybridized carbons (Fsp3) is 0.231. The van der Waals surface area contributed by atoms with Crippen LogP contribution in [0.3, 0.4) is 0 Å². The van der Waals surface area contributed by atoms with Crippen LogP contribution in [0.2, 0.25) is 0 Å². The summed E-state index contributed by atoms with van der Waals surface area (Å²) in [7, 11) is 0. The minimum Gasteiger partial charge on any atom is -0.480 e. The summed E-state index contributed by atoms with van der Waals surface area (Å²) in [5.74, 6) is -0.889. The number of aromatic nitrogens is 3. The summed E-state index contributed by atoms with van der Waals surface area (Å²) in [5.41, 5.74) is 1.47. The van der Waals surface area contributed by atoms with Gasteiger partial charge in [-0.3, -0.25) is 14.8 Å². The van der Waals surface area contributed by atoms with Crippen LogP contribution in [0.5, 0.6) is 0 Å². The number of hydrogen-bond donors (Lipinski definition) is 1. The largest absolute Gasteiger partial charge is 0.480 e. The number of rotatable bonds is 4. The summed E-state index contributed by atoms with van der Waals surface area (Å²) in [5, 5.41) is 9.77. The molecule has 0 aliphatic carbocycles. The second-order valence-corrected chi connectivity index (χ2v) is 5.98. The molecule has 0 fully saturated rings. The van der Waals surface area contributed by atoms with Crippen LogP contribution in [-0.4, -0.2) is 30.8 Å². The Bertz CT molecular complexity index is 587. The van der Waals surface area contributed by atoms with Gasteiger partial charge in [0.2, 0.25) is 0 Å². The molecule has 0 aromatic carbocycles. The van der Waals surface area contributed by atoms with Crippen molar-refractivity contribution in [3.8, 4) is 11.3 Å². The predicted molar refractivity (Wildman–Crippen MR) is 72.8 cm³/mol. The van der Waals surface area contributed by atoms with Gasteiger partial charge in [-0.2, -0.15) is 0 Å². The number of carbonyl (C=O) groups is 1. The standard InChI is InChI=1S/C13H13N3O2S/c1-13(2,12(17)18)19-11-10(15-6-7-16-11)9-4-3-5-14-8-9/h3-8H,1-2H3,(H,17,18). The van der Waals surface area contributed by atoms with Gasteiger partial charge < -0.3 is 5.11 Å². The van der Waals surface area contributed by atoms with Crippen LogP contribution >= 0.6 is 11.8 Å². The van der Waals surface area contributed by atoms with E-state index in [0.717, 1.165) is 5.56 Å². The monoisotopic (exact) mass is 275 g/mol. The van der Waals surface area contributed by atoms with Crippen molar-refractivity contribution in [3.63, 3.8) is 0 Å². The van der Waals surface area contributed by atoms with Crippen molar-refractivity contribution in [1.29, 1.82) is 0 Å². The molecule has 2 heterocycles. The number of thioether (sulfide) groups is 1. The van der Waals surface area contributed by atoms with Gasteiger partial charge in [-0.15, -0.1) is 0 Å². The number of hydrogen-bond acceptors (Lipinski definition) is 5. The topological polar surface area (TPSA) is 76.0 Å². The third kappa shape index (κ3) is 3.08. The lowest BCUT2D eigenvalue weighted by molar-refractivity contribution is -0.138. The molecule has 2 rings (SSSR count). The SMILES string of the molecule is CC(C)(Sc1nccnc1-c1cccnc1)C(=O)O. The smallest absolute Gasteiger partial charge is 0.319 e. The molecule has 0 radical (unpaired) electrons. The maximum absolute atomic E-state index is 11.2. The van der Waals surface area contributed by atoms with Crippen LogP contribution in [-0.2, 0) is 4.79 Å². The van der Waals surface area contributed by atoms with E-state index in [0.29, 0.717) is 10.7 Å². The maximum Gasteiger partial charge on any atom is 0.319 e. The molecule has 2 aromatic heterocycles. The average molecular weight is 275 g/mol. The minimum atomic E-state index is -0.965. The van der Waals surface area contributed by atoms with Crippen LogP contribution < -0.4 is 0 Å². The Morgan fingerprint density at radius 2 is 2.00 bits per heavy atom. The first-order chi connectivity index (χ1) is 9.00. The van der Waals surface area contributed by atoms with Gasteiger partial charge in [0.15, 0.2) is 0 Å². The van der Waals surface area contributed by atoms with Crippen LogP contribution in [0.25, 0.3) is 11.3 Å². The van der Waals surface area contributed by atoms with E-state index < -0.39 is 10.7 Å². The first kappa shape index (κ1) is 13.5. The summed E-state index contributed by atoms with van der Waals surface area (Å²) in [6.45, 7) is 3.28. The highest BCUT2D eigenvalue weighted by molar-refractivity contribution is 8.01. The zero-order valence-electron chi connectivity index (χ0n) is 10.6. The summed E-state index contributed by atoms with van der Waals surface area (Å²) in [6.07, 6.45) is 6.50. The second-order valence-electron chi connectivity index (χ2n) is 4.37. The lowest BCUT2D eigenvalue weighted by Crippen LogP contribution is -2.27. The molecule has 0 saturated carbocycles. The van der Waals surface area contributed by atoms with Crippen molar-refractivity contribution < 1.29 is 9.90 Å². The fourth-order valence-corrected chi connectivity index (χ4v) is 2.34. The van der Waals surface area contributed by atoms with E-state index in [1.807, 2.05) is 6.07 Å². The molecule has 0 saturated heterocycles. The second kappa shape index (κ2) is 5.36. The number of pyridine rings is 1. The van der Waals surface area contributed by atoms with Gasteiger partial charge in [-0.25, -0.2) is 4.98 Å². The molecule has 0 aliphatic rings.